The molecule has 0 bridgehead atoms. The third-order valence-corrected chi connectivity index (χ3v) is 3.90. The standard InChI is InChI=1S/C12H16N4O3S/c1-3-7(17)11-9(13)10(18-2)12(20-11)14-5-4-8-15-6-16-19-8/h6,14H,3-5,13H2,1-2H3. The molecule has 0 unspecified atom stereocenters. The molecule has 2 aromatic heterocycles. The number of carbonyl (C=O) groups excluding carboxylic acids is 1. The van der Waals surface area contributed by atoms with E-state index < -0.39 is 0 Å². The summed E-state index contributed by atoms with van der Waals surface area (Å²) in [5.41, 5.74) is 6.33. The Balaban J connectivity index is 2.08. The zero-order valence-corrected chi connectivity index (χ0v) is 12.1. The minimum atomic E-state index is 0.00995. The highest BCUT2D eigenvalue weighted by Gasteiger charge is 2.20. The van der Waals surface area contributed by atoms with Gasteiger partial charge in [-0.15, -0.1) is 11.3 Å². The molecule has 7 nitrogen and oxygen atoms in total. The van der Waals surface area contributed by atoms with Crippen LogP contribution in [-0.4, -0.2) is 29.6 Å². The molecule has 3 N–H and O–H groups in total. The highest BCUT2D eigenvalue weighted by molar-refractivity contribution is 7.19. The van der Waals surface area contributed by atoms with Gasteiger partial charge in [0.25, 0.3) is 0 Å². The number of ketones is 1. The lowest BCUT2D eigenvalue weighted by atomic mass is 10.2. The second kappa shape index (κ2) is 6.38. The normalized spacial score (nSPS) is 10.5. The van der Waals surface area contributed by atoms with E-state index >= 15 is 0 Å². The SMILES string of the molecule is CCC(=O)c1sc(NCCc2ncno2)c(OC)c1N. The molecule has 0 saturated heterocycles. The Bertz CT molecular complexity index is 580. The number of nitrogen functional groups attached to an aromatic ring is 1. The molecule has 2 aromatic rings. The zero-order valence-electron chi connectivity index (χ0n) is 11.3. The number of rotatable bonds is 7. The maximum Gasteiger partial charge on any atom is 0.228 e. The Kier molecular flexibility index (Phi) is 4.57. The quantitative estimate of drug-likeness (QED) is 0.753. The summed E-state index contributed by atoms with van der Waals surface area (Å²) in [5, 5.41) is 7.45. The highest BCUT2D eigenvalue weighted by atomic mass is 32.1. The van der Waals surface area contributed by atoms with Crippen LogP contribution in [0.1, 0.15) is 28.9 Å². The van der Waals surface area contributed by atoms with Gasteiger partial charge in [-0.25, -0.2) is 0 Å². The molecule has 0 aliphatic heterocycles. The molecule has 0 amide bonds. The van der Waals surface area contributed by atoms with Gasteiger partial charge in [-0.1, -0.05) is 12.1 Å². The number of anilines is 2. The first-order valence-corrected chi connectivity index (χ1v) is 6.97. The second-order valence-corrected chi connectivity index (χ2v) is 5.02. The monoisotopic (exact) mass is 296 g/mol. The van der Waals surface area contributed by atoms with Crippen LogP contribution in [0.15, 0.2) is 10.9 Å². The van der Waals surface area contributed by atoms with Crippen molar-refractivity contribution in [1.29, 1.82) is 0 Å². The van der Waals surface area contributed by atoms with Crippen LogP contribution in [0.25, 0.3) is 0 Å². The molecule has 0 aliphatic carbocycles. The van der Waals surface area contributed by atoms with E-state index in [0.717, 1.165) is 5.00 Å². The van der Waals surface area contributed by atoms with Crippen molar-refractivity contribution in [2.24, 2.45) is 0 Å². The minimum absolute atomic E-state index is 0.00995. The first kappa shape index (κ1) is 14.3. The van der Waals surface area contributed by atoms with Crippen LogP contribution in [0.5, 0.6) is 5.75 Å². The summed E-state index contributed by atoms with van der Waals surface area (Å²) in [4.78, 5) is 16.3. The van der Waals surface area contributed by atoms with E-state index in [0.29, 0.717) is 41.6 Å². The van der Waals surface area contributed by atoms with E-state index in [1.165, 1.54) is 24.8 Å². The first-order chi connectivity index (χ1) is 9.67. The average molecular weight is 296 g/mol. The van der Waals surface area contributed by atoms with Crippen molar-refractivity contribution in [1.82, 2.24) is 10.1 Å². The molecule has 108 valence electrons. The molecule has 2 rings (SSSR count). The number of nitrogens with zero attached hydrogens (tertiary/aromatic N) is 2. The summed E-state index contributed by atoms with van der Waals surface area (Å²) in [5.74, 6) is 1.07. The van der Waals surface area contributed by atoms with Gasteiger partial charge in [-0.05, 0) is 0 Å². The Hall–Kier alpha value is -2.09. The molecule has 0 aliphatic rings. The van der Waals surface area contributed by atoms with Gasteiger partial charge in [0.05, 0.1) is 17.7 Å². The Labute approximate surface area is 120 Å². The van der Waals surface area contributed by atoms with Gasteiger partial charge in [0.2, 0.25) is 5.89 Å². The third kappa shape index (κ3) is 2.90. The smallest absolute Gasteiger partial charge is 0.228 e. The van der Waals surface area contributed by atoms with Crippen LogP contribution in [0.2, 0.25) is 0 Å². The first-order valence-electron chi connectivity index (χ1n) is 6.16. The molecule has 0 saturated carbocycles. The molecule has 0 atom stereocenters. The van der Waals surface area contributed by atoms with Gasteiger partial charge in [0.15, 0.2) is 17.9 Å². The summed E-state index contributed by atoms with van der Waals surface area (Å²) < 4.78 is 10.2. The Morgan fingerprint density at radius 2 is 2.40 bits per heavy atom. The molecule has 0 radical (unpaired) electrons. The molecule has 0 spiro atoms. The van der Waals surface area contributed by atoms with Crippen molar-refractivity contribution in [3.63, 3.8) is 0 Å². The number of nitrogens with one attached hydrogen (secondary N) is 1. The molecule has 0 aromatic carbocycles. The minimum Gasteiger partial charge on any atom is -0.492 e. The average Bonchev–Trinajstić information content (AvgIpc) is 3.06. The van der Waals surface area contributed by atoms with Gasteiger partial charge in [-0.2, -0.15) is 4.98 Å². The highest BCUT2D eigenvalue weighted by Crippen LogP contribution is 2.42. The molecule has 0 fully saturated rings. The zero-order chi connectivity index (χ0) is 14.5. The third-order valence-electron chi connectivity index (χ3n) is 2.71. The molecular weight excluding hydrogens is 280 g/mol. The number of methoxy groups -OCH3 is 1. The van der Waals surface area contributed by atoms with Crippen LogP contribution in [0, 0.1) is 0 Å². The van der Waals surface area contributed by atoms with E-state index in [4.69, 9.17) is 15.0 Å². The fourth-order valence-corrected chi connectivity index (χ4v) is 2.83. The van der Waals surface area contributed by atoms with Crippen LogP contribution in [0.3, 0.4) is 0 Å². The van der Waals surface area contributed by atoms with E-state index in [-0.39, 0.29) is 5.78 Å². The summed E-state index contributed by atoms with van der Waals surface area (Å²) in [7, 11) is 1.53. The summed E-state index contributed by atoms with van der Waals surface area (Å²) >= 11 is 1.30. The largest absolute Gasteiger partial charge is 0.492 e. The number of hydrogen-bond acceptors (Lipinski definition) is 8. The molecule has 8 heteroatoms. The van der Waals surface area contributed by atoms with Crippen molar-refractivity contribution < 1.29 is 14.1 Å². The number of thiophene rings is 1. The second-order valence-electron chi connectivity index (χ2n) is 4.00. The van der Waals surface area contributed by atoms with Crippen LogP contribution < -0.4 is 15.8 Å². The fraction of sp³-hybridized carbons (Fsp3) is 0.417. The number of carbonyl (C=O) groups is 1. The maximum absolute atomic E-state index is 11.8. The van der Waals surface area contributed by atoms with Gasteiger partial charge < -0.3 is 20.3 Å². The summed E-state index contributed by atoms with van der Waals surface area (Å²) in [6.07, 6.45) is 2.35. The fourth-order valence-electron chi connectivity index (χ4n) is 1.70. The predicted octanol–water partition coefficient (Wildman–Crippen LogP) is 1.97. The van der Waals surface area contributed by atoms with Crippen LogP contribution in [0.4, 0.5) is 10.7 Å². The van der Waals surface area contributed by atoms with E-state index in [9.17, 15) is 4.79 Å². The lowest BCUT2D eigenvalue weighted by Gasteiger charge is -2.05. The van der Waals surface area contributed by atoms with Crippen LogP contribution >= 0.6 is 11.3 Å². The number of hydrogen-bond donors (Lipinski definition) is 2. The number of ether oxygens (including phenoxy) is 1. The lowest BCUT2D eigenvalue weighted by molar-refractivity contribution is 0.0992. The number of aromatic nitrogens is 2. The van der Waals surface area contributed by atoms with Crippen molar-refractivity contribution in [2.75, 3.05) is 24.7 Å². The summed E-state index contributed by atoms with van der Waals surface area (Å²) in [6.45, 7) is 2.38. The van der Waals surface area contributed by atoms with Gasteiger partial charge in [0.1, 0.15) is 5.00 Å². The Morgan fingerprint density at radius 3 is 3.00 bits per heavy atom. The molecule has 2 heterocycles. The van der Waals surface area contributed by atoms with Gasteiger partial charge in [0, 0.05) is 19.4 Å². The Morgan fingerprint density at radius 1 is 1.60 bits per heavy atom. The lowest BCUT2D eigenvalue weighted by Crippen LogP contribution is -2.05. The number of nitrogens with two attached hydrogens (primary N) is 1. The van der Waals surface area contributed by atoms with Crippen molar-refractivity contribution in [3.05, 3.63) is 17.1 Å². The predicted molar refractivity (Wildman–Crippen MR) is 76.4 cm³/mol. The van der Waals surface area contributed by atoms with E-state index in [1.54, 1.807) is 6.92 Å². The van der Waals surface area contributed by atoms with E-state index in [1.807, 2.05) is 0 Å². The topological polar surface area (TPSA) is 103 Å². The summed E-state index contributed by atoms with van der Waals surface area (Å²) in [6, 6.07) is 0. The van der Waals surface area contributed by atoms with Crippen molar-refractivity contribution >= 4 is 27.8 Å². The number of Topliss-reactive ketones (excluding diaryl/α,β-unsaturated/α-hetero) is 1. The van der Waals surface area contributed by atoms with Crippen molar-refractivity contribution in [2.45, 2.75) is 19.8 Å². The maximum atomic E-state index is 11.8. The van der Waals surface area contributed by atoms with Crippen LogP contribution in [-0.2, 0) is 6.42 Å². The van der Waals surface area contributed by atoms with Gasteiger partial charge in [-0.3, -0.25) is 4.79 Å². The van der Waals surface area contributed by atoms with E-state index in [2.05, 4.69) is 15.5 Å². The molecule has 20 heavy (non-hydrogen) atoms. The van der Waals surface area contributed by atoms with Gasteiger partial charge >= 0.3 is 0 Å². The molecular formula is C12H16N4O3S. The van der Waals surface area contributed by atoms with Crippen molar-refractivity contribution in [3.8, 4) is 5.75 Å².